The number of nitrogens with zero attached hydrogens (tertiary/aromatic N) is 2. The standard InChI is InChI=1S/C20H34N4O2.HI/c1-2-26-20(25)24-5-3-17(4-6-24)23-19(21)22-12-18-15-8-13-7-14(10-15)11-16(18)9-13;/h13-18H,2-12H2,1H3,(H3,21,22,23);1H. The lowest BCUT2D eigenvalue weighted by Crippen LogP contribution is -2.49. The fourth-order valence-electron chi connectivity index (χ4n) is 6.22. The topological polar surface area (TPSA) is 80.0 Å². The quantitative estimate of drug-likeness (QED) is 0.361. The van der Waals surface area contributed by atoms with Crippen molar-refractivity contribution in [3.63, 3.8) is 0 Å². The third-order valence-corrected chi connectivity index (χ3v) is 7.27. The van der Waals surface area contributed by atoms with Crippen molar-refractivity contribution < 1.29 is 9.53 Å². The number of rotatable bonds is 4. The zero-order valence-corrected chi connectivity index (χ0v) is 18.8. The van der Waals surface area contributed by atoms with E-state index in [-0.39, 0.29) is 30.1 Å². The van der Waals surface area contributed by atoms with Gasteiger partial charge in [0.15, 0.2) is 5.96 Å². The predicted octanol–water partition coefficient (Wildman–Crippen LogP) is 3.20. The lowest BCUT2D eigenvalue weighted by Gasteiger charge is -2.54. The number of piperidine rings is 1. The van der Waals surface area contributed by atoms with E-state index in [9.17, 15) is 4.79 Å². The number of ether oxygens (including phenoxy) is 1. The van der Waals surface area contributed by atoms with E-state index in [0.29, 0.717) is 18.6 Å². The number of hydrogen-bond donors (Lipinski definition) is 2. The van der Waals surface area contributed by atoms with Crippen molar-refractivity contribution in [2.45, 2.75) is 57.9 Å². The average molecular weight is 490 g/mol. The first kappa shape index (κ1) is 21.0. The highest BCUT2D eigenvalue weighted by Crippen LogP contribution is 2.56. The van der Waals surface area contributed by atoms with Gasteiger partial charge in [0.2, 0.25) is 0 Å². The van der Waals surface area contributed by atoms with Gasteiger partial charge in [-0.1, -0.05) is 0 Å². The Morgan fingerprint density at radius 1 is 1.11 bits per heavy atom. The molecule has 4 saturated carbocycles. The molecular formula is C20H35IN4O2. The summed E-state index contributed by atoms with van der Waals surface area (Å²) >= 11 is 0. The second-order valence-corrected chi connectivity index (χ2v) is 8.93. The number of aliphatic imine (C=N–C) groups is 1. The van der Waals surface area contributed by atoms with E-state index in [1.54, 1.807) is 4.90 Å². The summed E-state index contributed by atoms with van der Waals surface area (Å²) in [6.45, 7) is 4.61. The fraction of sp³-hybridized carbons (Fsp3) is 0.900. The van der Waals surface area contributed by atoms with Gasteiger partial charge in [-0.25, -0.2) is 4.79 Å². The molecule has 4 aliphatic carbocycles. The number of halogens is 1. The van der Waals surface area contributed by atoms with Crippen molar-refractivity contribution in [2.24, 2.45) is 40.3 Å². The molecule has 1 saturated heterocycles. The first-order valence-corrected chi connectivity index (χ1v) is 10.6. The summed E-state index contributed by atoms with van der Waals surface area (Å²) < 4.78 is 5.07. The Kier molecular flexibility index (Phi) is 7.14. The van der Waals surface area contributed by atoms with E-state index in [1.807, 2.05) is 6.92 Å². The van der Waals surface area contributed by atoms with E-state index in [1.165, 1.54) is 32.1 Å². The summed E-state index contributed by atoms with van der Waals surface area (Å²) in [6, 6.07) is 0.308. The Labute approximate surface area is 180 Å². The first-order chi connectivity index (χ1) is 12.6. The van der Waals surface area contributed by atoms with E-state index in [0.717, 1.165) is 62.1 Å². The Hall–Kier alpha value is -0.730. The van der Waals surface area contributed by atoms with Gasteiger partial charge < -0.3 is 20.7 Å². The number of guanidine groups is 1. The van der Waals surface area contributed by atoms with Crippen LogP contribution >= 0.6 is 24.0 Å². The van der Waals surface area contributed by atoms with Crippen molar-refractivity contribution in [1.82, 2.24) is 10.2 Å². The zero-order chi connectivity index (χ0) is 18.1. The van der Waals surface area contributed by atoms with E-state index in [2.05, 4.69) is 5.32 Å². The second-order valence-electron chi connectivity index (χ2n) is 8.93. The molecule has 0 aromatic rings. The smallest absolute Gasteiger partial charge is 0.409 e. The maximum atomic E-state index is 11.8. The fourth-order valence-corrected chi connectivity index (χ4v) is 6.22. The Bertz CT molecular complexity index is 520. The van der Waals surface area contributed by atoms with Crippen molar-refractivity contribution >= 4 is 36.0 Å². The molecule has 5 aliphatic rings. The monoisotopic (exact) mass is 490 g/mol. The molecule has 5 rings (SSSR count). The normalized spacial score (nSPS) is 35.7. The maximum absolute atomic E-state index is 11.8. The molecule has 0 spiro atoms. The Balaban J connectivity index is 0.00000210. The molecular weight excluding hydrogens is 455 g/mol. The number of carbonyl (C=O) groups excluding carboxylic acids is 1. The van der Waals surface area contributed by atoms with Crippen LogP contribution in [0.25, 0.3) is 0 Å². The Morgan fingerprint density at radius 2 is 1.70 bits per heavy atom. The van der Waals surface area contributed by atoms with Crippen molar-refractivity contribution in [1.29, 1.82) is 0 Å². The minimum absolute atomic E-state index is 0. The molecule has 154 valence electrons. The van der Waals surface area contributed by atoms with Crippen LogP contribution in [0.1, 0.15) is 51.9 Å². The third-order valence-electron chi connectivity index (χ3n) is 7.27. The molecule has 0 radical (unpaired) electrons. The van der Waals surface area contributed by atoms with Gasteiger partial charge in [0, 0.05) is 25.7 Å². The number of carbonyl (C=O) groups is 1. The summed E-state index contributed by atoms with van der Waals surface area (Å²) in [4.78, 5) is 18.3. The van der Waals surface area contributed by atoms with Gasteiger partial charge in [-0.2, -0.15) is 0 Å². The molecule has 0 aromatic heterocycles. The molecule has 27 heavy (non-hydrogen) atoms. The highest BCUT2D eigenvalue weighted by molar-refractivity contribution is 14.0. The van der Waals surface area contributed by atoms with E-state index in [4.69, 9.17) is 15.5 Å². The van der Waals surface area contributed by atoms with Gasteiger partial charge in [0.05, 0.1) is 6.61 Å². The molecule has 0 atom stereocenters. The molecule has 7 heteroatoms. The van der Waals surface area contributed by atoms with Crippen LogP contribution in [-0.4, -0.2) is 49.2 Å². The number of nitrogens with one attached hydrogen (secondary N) is 1. The number of hydrogen-bond acceptors (Lipinski definition) is 3. The molecule has 1 amide bonds. The molecule has 5 fully saturated rings. The molecule has 0 unspecified atom stereocenters. The SMILES string of the molecule is CCOC(=O)N1CCC(NC(N)=NCC2C3CC4CC(C3)CC2C4)CC1.I. The van der Waals surface area contributed by atoms with Crippen LogP contribution in [0, 0.1) is 29.6 Å². The van der Waals surface area contributed by atoms with Crippen LogP contribution in [0.3, 0.4) is 0 Å². The van der Waals surface area contributed by atoms with E-state index < -0.39 is 0 Å². The minimum Gasteiger partial charge on any atom is -0.450 e. The number of amides is 1. The van der Waals surface area contributed by atoms with Gasteiger partial charge in [-0.05, 0) is 81.5 Å². The average Bonchev–Trinajstić information content (AvgIpc) is 2.61. The number of likely N-dealkylation sites (tertiary alicyclic amines) is 1. The van der Waals surface area contributed by atoms with Gasteiger partial charge in [-0.3, -0.25) is 4.99 Å². The molecule has 1 aliphatic heterocycles. The Morgan fingerprint density at radius 3 is 2.26 bits per heavy atom. The van der Waals surface area contributed by atoms with Crippen LogP contribution in [0.2, 0.25) is 0 Å². The lowest BCUT2D eigenvalue weighted by molar-refractivity contribution is -0.0320. The molecule has 1 heterocycles. The van der Waals surface area contributed by atoms with Crippen LogP contribution in [0.15, 0.2) is 4.99 Å². The van der Waals surface area contributed by atoms with Crippen LogP contribution in [0.4, 0.5) is 4.79 Å². The van der Waals surface area contributed by atoms with E-state index >= 15 is 0 Å². The van der Waals surface area contributed by atoms with Crippen LogP contribution in [-0.2, 0) is 4.74 Å². The minimum atomic E-state index is -0.200. The summed E-state index contributed by atoms with van der Waals surface area (Å²) in [5.41, 5.74) is 6.18. The third kappa shape index (κ3) is 4.82. The summed E-state index contributed by atoms with van der Waals surface area (Å²) in [7, 11) is 0. The van der Waals surface area contributed by atoms with Gasteiger partial charge in [0.1, 0.15) is 0 Å². The van der Waals surface area contributed by atoms with Gasteiger partial charge in [0.25, 0.3) is 0 Å². The van der Waals surface area contributed by atoms with Gasteiger partial charge >= 0.3 is 6.09 Å². The number of nitrogens with two attached hydrogens (primary N) is 1. The van der Waals surface area contributed by atoms with Crippen LogP contribution in [0.5, 0.6) is 0 Å². The molecule has 0 aromatic carbocycles. The van der Waals surface area contributed by atoms with Crippen molar-refractivity contribution in [3.05, 3.63) is 0 Å². The second kappa shape index (κ2) is 9.18. The summed E-state index contributed by atoms with van der Waals surface area (Å²) in [5.74, 6) is 5.17. The summed E-state index contributed by atoms with van der Waals surface area (Å²) in [6.07, 6.45) is 8.84. The van der Waals surface area contributed by atoms with Crippen LogP contribution < -0.4 is 11.1 Å². The predicted molar refractivity (Wildman–Crippen MR) is 117 cm³/mol. The largest absolute Gasteiger partial charge is 0.450 e. The highest BCUT2D eigenvalue weighted by atomic mass is 127. The molecule has 4 bridgehead atoms. The lowest BCUT2D eigenvalue weighted by atomic mass is 9.52. The van der Waals surface area contributed by atoms with Gasteiger partial charge in [-0.15, -0.1) is 24.0 Å². The first-order valence-electron chi connectivity index (χ1n) is 10.6. The highest BCUT2D eigenvalue weighted by Gasteiger charge is 2.47. The molecule has 3 N–H and O–H groups in total. The summed E-state index contributed by atoms with van der Waals surface area (Å²) in [5, 5.41) is 3.38. The van der Waals surface area contributed by atoms with Crippen molar-refractivity contribution in [3.8, 4) is 0 Å². The molecule has 6 nitrogen and oxygen atoms in total. The maximum Gasteiger partial charge on any atom is 0.409 e. The van der Waals surface area contributed by atoms with Crippen molar-refractivity contribution in [2.75, 3.05) is 26.2 Å². The zero-order valence-electron chi connectivity index (χ0n) is 16.4.